The Balaban J connectivity index is 1.01. The van der Waals surface area contributed by atoms with Crippen LogP contribution in [0, 0.1) is 0 Å². The first-order valence-electron chi connectivity index (χ1n) is 16.4. The zero-order valence-corrected chi connectivity index (χ0v) is 26.6. The van der Waals surface area contributed by atoms with Gasteiger partial charge in [-0.05, 0) is 107 Å². The molecule has 5 aromatic heterocycles. The molecule has 0 aliphatic rings. The van der Waals surface area contributed by atoms with E-state index in [0.717, 1.165) is 99.2 Å². The Hall–Kier alpha value is -7.26. The average Bonchev–Trinajstić information content (AvgIpc) is 3.88. The van der Waals surface area contributed by atoms with Gasteiger partial charge in [0.05, 0.1) is 0 Å². The van der Waals surface area contributed by atoms with E-state index >= 15 is 0 Å². The first-order chi connectivity index (χ1) is 25.2. The van der Waals surface area contributed by atoms with Crippen LogP contribution in [0.5, 0.6) is 0 Å². The van der Waals surface area contributed by atoms with Crippen LogP contribution in [0.4, 0.5) is 0 Å². The lowest BCUT2D eigenvalue weighted by Crippen LogP contribution is -1.88. The molecule has 6 aromatic carbocycles. The molecule has 11 rings (SSSR count). The number of fused-ring (bicyclic) bond motifs is 9. The lowest BCUT2D eigenvalue weighted by Gasteiger charge is -2.04. The largest absolute Gasteiger partial charge is 0.456 e. The monoisotopic (exact) mass is 658 g/mol. The van der Waals surface area contributed by atoms with Gasteiger partial charge in [0, 0.05) is 43.4 Å². The first-order valence-corrected chi connectivity index (χ1v) is 16.4. The zero-order chi connectivity index (χ0) is 33.5. The number of aromatic nitrogens is 6. The van der Waals surface area contributed by atoms with E-state index in [4.69, 9.17) is 13.3 Å². The SMILES string of the molecule is c1ncnc(-c2ccc3oc4ccc(-c5ccc6oc7ccc(-c8ccc9oc%10ccc(-c%11ncncn%11)cc%10c9c8)cc7c6c5)cc4c3c2)n1. The summed E-state index contributed by atoms with van der Waals surface area (Å²) in [5.41, 5.74) is 11.1. The van der Waals surface area contributed by atoms with Gasteiger partial charge in [-0.15, -0.1) is 0 Å². The van der Waals surface area contributed by atoms with Crippen molar-refractivity contribution in [2.75, 3.05) is 0 Å². The van der Waals surface area contributed by atoms with Crippen LogP contribution in [0.15, 0.2) is 148 Å². The molecular weight excluding hydrogens is 637 g/mol. The van der Waals surface area contributed by atoms with Crippen molar-refractivity contribution < 1.29 is 13.3 Å². The van der Waals surface area contributed by atoms with Gasteiger partial charge >= 0.3 is 0 Å². The van der Waals surface area contributed by atoms with Crippen molar-refractivity contribution in [3.63, 3.8) is 0 Å². The van der Waals surface area contributed by atoms with Crippen LogP contribution in [-0.2, 0) is 0 Å². The van der Waals surface area contributed by atoms with Gasteiger partial charge < -0.3 is 13.3 Å². The van der Waals surface area contributed by atoms with Gasteiger partial charge in [0.15, 0.2) is 11.6 Å². The minimum Gasteiger partial charge on any atom is -0.456 e. The third-order valence-electron chi connectivity index (χ3n) is 9.58. The molecule has 0 atom stereocenters. The van der Waals surface area contributed by atoms with Crippen LogP contribution >= 0.6 is 0 Å². The van der Waals surface area contributed by atoms with Crippen molar-refractivity contribution in [3.05, 3.63) is 135 Å². The lowest BCUT2D eigenvalue weighted by molar-refractivity contribution is 0.668. The Morgan fingerprint density at radius 2 is 0.510 bits per heavy atom. The van der Waals surface area contributed by atoms with E-state index in [2.05, 4.69) is 103 Å². The summed E-state index contributed by atoms with van der Waals surface area (Å²) in [7, 11) is 0. The highest BCUT2D eigenvalue weighted by Gasteiger charge is 2.15. The quantitative estimate of drug-likeness (QED) is 0.182. The normalized spacial score (nSPS) is 11.9. The fraction of sp³-hybridized carbons (Fsp3) is 0. The molecule has 0 radical (unpaired) electrons. The molecule has 9 nitrogen and oxygen atoms in total. The van der Waals surface area contributed by atoms with Crippen molar-refractivity contribution in [2.45, 2.75) is 0 Å². The fourth-order valence-electron chi connectivity index (χ4n) is 7.11. The summed E-state index contributed by atoms with van der Waals surface area (Å²) >= 11 is 0. The minimum atomic E-state index is 0.623. The number of rotatable bonds is 4. The van der Waals surface area contributed by atoms with Crippen LogP contribution < -0.4 is 0 Å². The van der Waals surface area contributed by atoms with Gasteiger partial charge in [0.25, 0.3) is 0 Å². The molecule has 0 unspecified atom stereocenters. The van der Waals surface area contributed by atoms with E-state index in [1.807, 2.05) is 36.4 Å². The number of furan rings is 3. The maximum atomic E-state index is 6.31. The predicted molar refractivity (Wildman–Crippen MR) is 197 cm³/mol. The highest BCUT2D eigenvalue weighted by Crippen LogP contribution is 2.39. The van der Waals surface area contributed by atoms with Crippen molar-refractivity contribution in [2.24, 2.45) is 0 Å². The Morgan fingerprint density at radius 3 is 0.784 bits per heavy atom. The molecule has 0 fully saturated rings. The van der Waals surface area contributed by atoms with Crippen LogP contribution in [0.3, 0.4) is 0 Å². The van der Waals surface area contributed by atoms with Gasteiger partial charge in [-0.3, -0.25) is 0 Å². The zero-order valence-electron chi connectivity index (χ0n) is 26.6. The summed E-state index contributed by atoms with van der Waals surface area (Å²) in [6, 6.07) is 37.4. The van der Waals surface area contributed by atoms with E-state index in [-0.39, 0.29) is 0 Å². The minimum absolute atomic E-state index is 0.623. The smallest absolute Gasteiger partial charge is 0.162 e. The van der Waals surface area contributed by atoms with Gasteiger partial charge in [-0.2, -0.15) is 0 Å². The number of hydrogen-bond acceptors (Lipinski definition) is 9. The van der Waals surface area contributed by atoms with E-state index in [9.17, 15) is 0 Å². The van der Waals surface area contributed by atoms with Crippen molar-refractivity contribution >= 4 is 65.8 Å². The number of hydrogen-bond donors (Lipinski definition) is 0. The Kier molecular flexibility index (Phi) is 5.76. The predicted octanol–water partition coefficient (Wildman–Crippen LogP) is 10.4. The average molecular weight is 659 g/mol. The highest BCUT2D eigenvalue weighted by molar-refractivity contribution is 6.11. The molecule has 0 saturated heterocycles. The topological polar surface area (TPSA) is 117 Å². The Labute approximate surface area is 287 Å². The third-order valence-corrected chi connectivity index (χ3v) is 9.58. The van der Waals surface area contributed by atoms with E-state index < -0.39 is 0 Å². The molecule has 238 valence electrons. The van der Waals surface area contributed by atoms with E-state index in [0.29, 0.717) is 11.6 Å². The molecular formula is C42H22N6O3. The van der Waals surface area contributed by atoms with Gasteiger partial charge in [0.2, 0.25) is 0 Å². The molecule has 9 heteroatoms. The van der Waals surface area contributed by atoms with Crippen LogP contribution in [-0.4, -0.2) is 29.9 Å². The number of nitrogens with zero attached hydrogens (tertiary/aromatic N) is 6. The fourth-order valence-corrected chi connectivity index (χ4v) is 7.11. The van der Waals surface area contributed by atoms with Crippen LogP contribution in [0.2, 0.25) is 0 Å². The summed E-state index contributed by atoms with van der Waals surface area (Å²) < 4.78 is 18.7. The standard InChI is InChI=1S/C42H22N6O3/c1-7-35-29(13-23(1)25-3-9-37-31(15-25)33-17-27(5-11-39(33)50-37)41-45-19-43-20-46-41)30-14-24(2-8-36(30)49-35)26-4-10-38-32(16-26)34-18-28(6-12-40(34)51-38)42-47-21-44-22-48-42/h1-22H. The molecule has 5 heterocycles. The summed E-state index contributed by atoms with van der Waals surface area (Å²) in [5, 5.41) is 6.17. The van der Waals surface area contributed by atoms with Crippen molar-refractivity contribution in [3.8, 4) is 45.0 Å². The van der Waals surface area contributed by atoms with Gasteiger partial charge in [-0.25, -0.2) is 29.9 Å². The molecule has 0 saturated carbocycles. The molecule has 0 aliphatic heterocycles. The first kappa shape index (κ1) is 27.7. The second-order valence-corrected chi connectivity index (χ2v) is 12.5. The number of benzene rings is 6. The lowest BCUT2D eigenvalue weighted by atomic mass is 9.98. The van der Waals surface area contributed by atoms with Gasteiger partial charge in [0.1, 0.15) is 58.8 Å². The summed E-state index contributed by atoms with van der Waals surface area (Å²) in [4.78, 5) is 25.2. The summed E-state index contributed by atoms with van der Waals surface area (Å²) in [6.07, 6.45) is 6.03. The third kappa shape index (κ3) is 4.42. The maximum Gasteiger partial charge on any atom is 0.162 e. The molecule has 0 N–H and O–H groups in total. The van der Waals surface area contributed by atoms with Crippen molar-refractivity contribution in [1.82, 2.24) is 29.9 Å². The Morgan fingerprint density at radius 1 is 0.275 bits per heavy atom. The van der Waals surface area contributed by atoms with Crippen LogP contribution in [0.1, 0.15) is 0 Å². The van der Waals surface area contributed by atoms with Crippen LogP contribution in [0.25, 0.3) is 111 Å². The Bertz CT molecular complexity index is 2940. The molecule has 0 spiro atoms. The molecule has 0 aliphatic carbocycles. The molecule has 0 amide bonds. The second-order valence-electron chi connectivity index (χ2n) is 12.5. The second kappa shape index (κ2) is 10.6. The molecule has 51 heavy (non-hydrogen) atoms. The van der Waals surface area contributed by atoms with Gasteiger partial charge in [-0.1, -0.05) is 24.3 Å². The van der Waals surface area contributed by atoms with E-state index in [1.54, 1.807) is 0 Å². The van der Waals surface area contributed by atoms with E-state index in [1.165, 1.54) is 25.3 Å². The summed E-state index contributed by atoms with van der Waals surface area (Å²) in [5.74, 6) is 1.25. The highest BCUT2D eigenvalue weighted by atomic mass is 16.3. The molecule has 11 aromatic rings. The summed E-state index contributed by atoms with van der Waals surface area (Å²) in [6.45, 7) is 0. The van der Waals surface area contributed by atoms with Crippen molar-refractivity contribution in [1.29, 1.82) is 0 Å². The molecule has 0 bridgehead atoms. The maximum absolute atomic E-state index is 6.31.